The van der Waals surface area contributed by atoms with E-state index < -0.39 is 0 Å². The van der Waals surface area contributed by atoms with Crippen LogP contribution in [-0.2, 0) is 5.41 Å². The number of imidazole rings is 1. The Bertz CT molecular complexity index is 783. The number of carbonyl (C=O) groups excluding carboxylic acids is 1. The summed E-state index contributed by atoms with van der Waals surface area (Å²) in [7, 11) is 0. The lowest BCUT2D eigenvalue weighted by Crippen LogP contribution is -2.15. The Balaban J connectivity index is 1.92. The highest BCUT2D eigenvalue weighted by Gasteiger charge is 2.18. The van der Waals surface area contributed by atoms with Crippen LogP contribution in [0.25, 0.3) is 5.65 Å². The van der Waals surface area contributed by atoms with Crippen LogP contribution in [0.3, 0.4) is 0 Å². The summed E-state index contributed by atoms with van der Waals surface area (Å²) in [5.41, 5.74) is 1.84. The van der Waals surface area contributed by atoms with Gasteiger partial charge in [-0.3, -0.25) is 4.79 Å². The smallest absolute Gasteiger partial charge is 0.277 e. The third kappa shape index (κ3) is 2.62. The highest BCUT2D eigenvalue weighted by atomic mass is 16.5. The highest BCUT2D eigenvalue weighted by Crippen LogP contribution is 2.21. The van der Waals surface area contributed by atoms with Crippen LogP contribution in [0.5, 0.6) is 0 Å². The number of carbonyl (C=O) groups is 1. The van der Waals surface area contributed by atoms with Crippen molar-refractivity contribution in [1.82, 2.24) is 19.8 Å². The first-order chi connectivity index (χ1) is 9.93. The number of nitrogens with one attached hydrogen (secondary N) is 1. The van der Waals surface area contributed by atoms with Gasteiger partial charge in [0.2, 0.25) is 0 Å². The van der Waals surface area contributed by atoms with Gasteiger partial charge >= 0.3 is 0 Å². The van der Waals surface area contributed by atoms with Crippen LogP contribution in [0.4, 0.5) is 5.82 Å². The van der Waals surface area contributed by atoms with E-state index in [4.69, 9.17) is 0 Å². The van der Waals surface area contributed by atoms with E-state index in [1.807, 2.05) is 6.20 Å². The molecule has 0 radical (unpaired) electrons. The number of rotatable bonds is 2. The predicted octanol–water partition coefficient (Wildman–Crippen LogP) is 2.27. The van der Waals surface area contributed by atoms with Crippen LogP contribution in [0.15, 0.2) is 35.2 Å². The molecule has 0 fully saturated rings. The Hall–Kier alpha value is -2.70. The molecule has 7 nitrogen and oxygen atoms in total. The van der Waals surface area contributed by atoms with E-state index in [1.165, 1.54) is 6.26 Å². The number of hydrogen-bond donors (Lipinski definition) is 1. The summed E-state index contributed by atoms with van der Waals surface area (Å²) in [5, 5.41) is 10.5. The second-order valence-electron chi connectivity index (χ2n) is 5.74. The molecule has 21 heavy (non-hydrogen) atoms. The van der Waals surface area contributed by atoms with Crippen molar-refractivity contribution in [2.45, 2.75) is 26.2 Å². The maximum Gasteiger partial charge on any atom is 0.277 e. The summed E-state index contributed by atoms with van der Waals surface area (Å²) in [6.45, 7) is 6.23. The molecule has 0 atom stereocenters. The molecule has 0 aromatic carbocycles. The number of aromatic nitrogens is 4. The maximum atomic E-state index is 12.1. The average Bonchev–Trinajstić information content (AvgIpc) is 3.04. The summed E-state index contributed by atoms with van der Waals surface area (Å²) < 4.78 is 6.27. The highest BCUT2D eigenvalue weighted by molar-refractivity contribution is 6.02. The van der Waals surface area contributed by atoms with Crippen LogP contribution in [0.1, 0.15) is 37.0 Å². The standard InChI is InChI=1S/C14H15N5O2/c1-14(2,3)10-8-19-12(15-10)5-4-9(17-19)13(20)16-11-6-7-21-18-11/h4-8H,1-3H3,(H,16,18,20). The van der Waals surface area contributed by atoms with E-state index >= 15 is 0 Å². The van der Waals surface area contributed by atoms with E-state index in [0.717, 1.165) is 5.69 Å². The van der Waals surface area contributed by atoms with Gasteiger partial charge in [-0.1, -0.05) is 25.9 Å². The number of anilines is 1. The summed E-state index contributed by atoms with van der Waals surface area (Å²) in [5.74, 6) is -0.000262. The zero-order valence-corrected chi connectivity index (χ0v) is 12.0. The minimum Gasteiger partial charge on any atom is -0.363 e. The van der Waals surface area contributed by atoms with E-state index in [2.05, 4.69) is 45.9 Å². The molecule has 3 aromatic heterocycles. The van der Waals surface area contributed by atoms with Gasteiger partial charge in [0, 0.05) is 11.5 Å². The minimum absolute atomic E-state index is 0.0726. The Kier molecular flexibility index (Phi) is 2.97. The fourth-order valence-electron chi connectivity index (χ4n) is 1.82. The molecule has 0 aliphatic carbocycles. The van der Waals surface area contributed by atoms with Gasteiger partial charge in [0.05, 0.1) is 11.9 Å². The van der Waals surface area contributed by atoms with Gasteiger partial charge in [-0.05, 0) is 12.1 Å². The van der Waals surface area contributed by atoms with E-state index in [1.54, 1.807) is 22.7 Å². The summed E-state index contributed by atoms with van der Waals surface area (Å²) in [6.07, 6.45) is 3.22. The van der Waals surface area contributed by atoms with Gasteiger partial charge in [-0.25, -0.2) is 9.50 Å². The molecule has 3 aromatic rings. The zero-order valence-electron chi connectivity index (χ0n) is 12.0. The second-order valence-corrected chi connectivity index (χ2v) is 5.74. The van der Waals surface area contributed by atoms with E-state index in [-0.39, 0.29) is 17.0 Å². The molecule has 1 N–H and O–H groups in total. The lowest BCUT2D eigenvalue weighted by molar-refractivity contribution is 0.102. The van der Waals surface area contributed by atoms with Crippen molar-refractivity contribution in [3.05, 3.63) is 42.0 Å². The van der Waals surface area contributed by atoms with E-state index in [9.17, 15) is 4.79 Å². The molecule has 0 bridgehead atoms. The molecule has 0 unspecified atom stereocenters. The van der Waals surface area contributed by atoms with Crippen molar-refractivity contribution in [1.29, 1.82) is 0 Å². The van der Waals surface area contributed by atoms with Gasteiger partial charge in [-0.2, -0.15) is 5.10 Å². The topological polar surface area (TPSA) is 85.3 Å². The molecular weight excluding hydrogens is 270 g/mol. The van der Waals surface area contributed by atoms with Crippen molar-refractivity contribution in [2.75, 3.05) is 5.32 Å². The zero-order chi connectivity index (χ0) is 15.0. The van der Waals surface area contributed by atoms with Gasteiger partial charge in [0.25, 0.3) is 5.91 Å². The number of nitrogens with zero attached hydrogens (tertiary/aromatic N) is 4. The first-order valence-electron chi connectivity index (χ1n) is 6.52. The molecule has 0 saturated heterocycles. The lowest BCUT2D eigenvalue weighted by atomic mass is 9.93. The minimum atomic E-state index is -0.350. The SMILES string of the molecule is CC(C)(C)c1cn2nc(C(=O)Nc3ccon3)ccc2n1. The largest absolute Gasteiger partial charge is 0.363 e. The molecular formula is C14H15N5O2. The van der Waals surface area contributed by atoms with Crippen molar-refractivity contribution < 1.29 is 9.32 Å². The summed E-state index contributed by atoms with van der Waals surface area (Å²) in [4.78, 5) is 16.6. The number of fused-ring (bicyclic) bond motifs is 1. The Morgan fingerprint density at radius 2 is 2.10 bits per heavy atom. The molecule has 1 amide bonds. The van der Waals surface area contributed by atoms with Crippen LogP contribution < -0.4 is 5.32 Å². The average molecular weight is 285 g/mol. The Morgan fingerprint density at radius 3 is 2.76 bits per heavy atom. The monoisotopic (exact) mass is 285 g/mol. The molecule has 0 saturated carbocycles. The van der Waals surface area contributed by atoms with Gasteiger partial charge < -0.3 is 9.84 Å². The molecule has 7 heteroatoms. The van der Waals surface area contributed by atoms with Crippen molar-refractivity contribution in [3.8, 4) is 0 Å². The first kappa shape index (κ1) is 13.3. The first-order valence-corrected chi connectivity index (χ1v) is 6.52. The normalized spacial score (nSPS) is 11.8. The van der Waals surface area contributed by atoms with Gasteiger partial charge in [0.1, 0.15) is 12.0 Å². The fraction of sp³-hybridized carbons (Fsp3) is 0.286. The Labute approximate surface area is 121 Å². The third-order valence-electron chi connectivity index (χ3n) is 3.00. The fourth-order valence-corrected chi connectivity index (χ4v) is 1.82. The molecule has 0 spiro atoms. The molecule has 3 heterocycles. The van der Waals surface area contributed by atoms with Gasteiger partial charge in [0.15, 0.2) is 11.5 Å². The third-order valence-corrected chi connectivity index (χ3v) is 3.00. The molecule has 108 valence electrons. The summed E-state index contributed by atoms with van der Waals surface area (Å²) >= 11 is 0. The van der Waals surface area contributed by atoms with Crippen molar-refractivity contribution in [2.24, 2.45) is 0 Å². The lowest BCUT2D eigenvalue weighted by Gasteiger charge is -2.13. The quantitative estimate of drug-likeness (QED) is 0.780. The molecule has 0 aliphatic rings. The van der Waals surface area contributed by atoms with E-state index in [0.29, 0.717) is 11.5 Å². The van der Waals surface area contributed by atoms with Crippen molar-refractivity contribution in [3.63, 3.8) is 0 Å². The number of amides is 1. The predicted molar refractivity (Wildman–Crippen MR) is 76.1 cm³/mol. The van der Waals surface area contributed by atoms with Crippen LogP contribution in [-0.4, -0.2) is 25.7 Å². The van der Waals surface area contributed by atoms with Crippen LogP contribution in [0, 0.1) is 0 Å². The van der Waals surface area contributed by atoms with Crippen LogP contribution in [0.2, 0.25) is 0 Å². The Morgan fingerprint density at radius 1 is 1.29 bits per heavy atom. The maximum absolute atomic E-state index is 12.1. The molecule has 3 rings (SSSR count). The van der Waals surface area contributed by atoms with Gasteiger partial charge in [-0.15, -0.1) is 0 Å². The van der Waals surface area contributed by atoms with Crippen LogP contribution >= 0.6 is 0 Å². The summed E-state index contributed by atoms with van der Waals surface area (Å²) in [6, 6.07) is 4.95. The second kappa shape index (κ2) is 4.69. The molecule has 0 aliphatic heterocycles. The van der Waals surface area contributed by atoms with Crippen molar-refractivity contribution >= 4 is 17.4 Å². The number of hydrogen-bond acceptors (Lipinski definition) is 5.